The summed E-state index contributed by atoms with van der Waals surface area (Å²) in [6, 6.07) is 7.49. The van der Waals surface area contributed by atoms with Gasteiger partial charge in [-0.25, -0.2) is 0 Å². The van der Waals surface area contributed by atoms with E-state index in [0.29, 0.717) is 0 Å². The van der Waals surface area contributed by atoms with Crippen LogP contribution in [0.2, 0.25) is 0 Å². The first-order chi connectivity index (χ1) is 6.70. The summed E-state index contributed by atoms with van der Waals surface area (Å²) in [5.41, 5.74) is 7.31. The van der Waals surface area contributed by atoms with Crippen LogP contribution in [-0.2, 0) is 4.79 Å². The van der Waals surface area contributed by atoms with Gasteiger partial charge >= 0.3 is 0 Å². The standard InChI is InChI=1S/C11H10N2O/c12-9-6-5-7-3-1-2-4-8(7)10(9)11(13)14/h1-6,10,12H,(H2,13,14). The summed E-state index contributed by atoms with van der Waals surface area (Å²) in [7, 11) is 0. The summed E-state index contributed by atoms with van der Waals surface area (Å²) in [5.74, 6) is -1.05. The third kappa shape index (κ3) is 1.23. The van der Waals surface area contributed by atoms with E-state index in [1.54, 1.807) is 6.08 Å². The van der Waals surface area contributed by atoms with Gasteiger partial charge in [0.15, 0.2) is 0 Å². The molecule has 1 aromatic rings. The number of nitrogens with one attached hydrogen (secondary N) is 1. The molecule has 3 heteroatoms. The van der Waals surface area contributed by atoms with E-state index in [-0.39, 0.29) is 5.71 Å². The van der Waals surface area contributed by atoms with Crippen LogP contribution in [0.3, 0.4) is 0 Å². The van der Waals surface area contributed by atoms with Crippen LogP contribution >= 0.6 is 0 Å². The molecule has 1 unspecified atom stereocenters. The van der Waals surface area contributed by atoms with Gasteiger partial charge in [0, 0.05) is 5.71 Å². The molecule has 0 spiro atoms. The van der Waals surface area contributed by atoms with Crippen LogP contribution in [0.4, 0.5) is 0 Å². The minimum Gasteiger partial charge on any atom is -0.369 e. The molecule has 3 nitrogen and oxygen atoms in total. The molecule has 3 N–H and O–H groups in total. The fourth-order valence-electron chi connectivity index (χ4n) is 1.68. The van der Waals surface area contributed by atoms with Crippen molar-refractivity contribution in [3.8, 4) is 0 Å². The summed E-state index contributed by atoms with van der Waals surface area (Å²) in [5, 5.41) is 7.62. The molecule has 1 amide bonds. The molecule has 2 rings (SSSR count). The molecule has 0 aromatic heterocycles. The topological polar surface area (TPSA) is 66.9 Å². The van der Waals surface area contributed by atoms with Crippen molar-refractivity contribution in [1.29, 1.82) is 5.41 Å². The fourth-order valence-corrected chi connectivity index (χ4v) is 1.68. The monoisotopic (exact) mass is 186 g/mol. The van der Waals surface area contributed by atoms with Gasteiger partial charge < -0.3 is 11.1 Å². The number of fused-ring (bicyclic) bond motifs is 1. The number of amides is 1. The Morgan fingerprint density at radius 1 is 1.29 bits per heavy atom. The first-order valence-corrected chi connectivity index (χ1v) is 4.35. The number of carbonyl (C=O) groups excluding carboxylic acids is 1. The molecule has 1 atom stereocenters. The summed E-state index contributed by atoms with van der Waals surface area (Å²) in [4.78, 5) is 11.2. The van der Waals surface area contributed by atoms with E-state index in [1.807, 2.05) is 30.3 Å². The summed E-state index contributed by atoms with van der Waals surface area (Å²) < 4.78 is 0. The zero-order valence-corrected chi connectivity index (χ0v) is 7.53. The first kappa shape index (κ1) is 8.69. The Labute approximate surface area is 81.7 Å². The summed E-state index contributed by atoms with van der Waals surface area (Å²) >= 11 is 0. The van der Waals surface area contributed by atoms with Gasteiger partial charge in [0.25, 0.3) is 0 Å². The highest BCUT2D eigenvalue weighted by Crippen LogP contribution is 2.26. The van der Waals surface area contributed by atoms with Crippen molar-refractivity contribution >= 4 is 17.7 Å². The van der Waals surface area contributed by atoms with Gasteiger partial charge in [0.2, 0.25) is 5.91 Å². The number of nitrogens with two attached hydrogens (primary N) is 1. The molecule has 0 bridgehead atoms. The number of carbonyl (C=O) groups is 1. The Morgan fingerprint density at radius 2 is 2.00 bits per heavy atom. The van der Waals surface area contributed by atoms with Crippen molar-refractivity contribution in [2.24, 2.45) is 5.73 Å². The lowest BCUT2D eigenvalue weighted by atomic mass is 9.85. The summed E-state index contributed by atoms with van der Waals surface area (Å²) in [6.45, 7) is 0. The lowest BCUT2D eigenvalue weighted by molar-refractivity contribution is -0.118. The SMILES string of the molecule is N=C1C=Cc2ccccc2C1C(N)=O. The smallest absolute Gasteiger partial charge is 0.231 e. The molecule has 14 heavy (non-hydrogen) atoms. The van der Waals surface area contributed by atoms with Crippen molar-refractivity contribution in [3.63, 3.8) is 0 Å². The number of hydrogen-bond acceptors (Lipinski definition) is 2. The second-order valence-corrected chi connectivity index (χ2v) is 3.25. The Bertz CT molecular complexity index is 435. The zero-order chi connectivity index (χ0) is 10.1. The minimum absolute atomic E-state index is 0.260. The second-order valence-electron chi connectivity index (χ2n) is 3.25. The van der Waals surface area contributed by atoms with Gasteiger partial charge in [-0.05, 0) is 17.2 Å². The van der Waals surface area contributed by atoms with Crippen molar-refractivity contribution in [2.75, 3.05) is 0 Å². The quantitative estimate of drug-likeness (QED) is 0.682. The highest BCUT2D eigenvalue weighted by molar-refractivity contribution is 6.16. The molecule has 0 heterocycles. The highest BCUT2D eigenvalue weighted by Gasteiger charge is 2.25. The molecule has 1 aliphatic carbocycles. The van der Waals surface area contributed by atoms with Crippen LogP contribution in [0.25, 0.3) is 6.08 Å². The molecule has 0 saturated carbocycles. The molecule has 70 valence electrons. The molecule has 0 saturated heterocycles. The van der Waals surface area contributed by atoms with Crippen LogP contribution < -0.4 is 5.73 Å². The normalized spacial score (nSPS) is 19.1. The molecule has 1 aromatic carbocycles. The number of primary amides is 1. The molecular formula is C11H10N2O. The average Bonchev–Trinajstić information content (AvgIpc) is 2.17. The van der Waals surface area contributed by atoms with E-state index >= 15 is 0 Å². The molecule has 1 aliphatic rings. The van der Waals surface area contributed by atoms with E-state index in [0.717, 1.165) is 11.1 Å². The second kappa shape index (κ2) is 3.10. The highest BCUT2D eigenvalue weighted by atomic mass is 16.1. The van der Waals surface area contributed by atoms with Crippen LogP contribution in [0, 0.1) is 5.41 Å². The molecule has 0 aliphatic heterocycles. The number of benzene rings is 1. The largest absolute Gasteiger partial charge is 0.369 e. The lowest BCUT2D eigenvalue weighted by Crippen LogP contribution is -2.28. The molecule has 0 radical (unpaired) electrons. The molecule has 0 fully saturated rings. The van der Waals surface area contributed by atoms with E-state index in [4.69, 9.17) is 11.1 Å². The number of rotatable bonds is 1. The van der Waals surface area contributed by atoms with Gasteiger partial charge in [0.05, 0.1) is 0 Å². The lowest BCUT2D eigenvalue weighted by Gasteiger charge is -2.19. The predicted molar refractivity (Wildman–Crippen MR) is 55.1 cm³/mol. The fraction of sp³-hybridized carbons (Fsp3) is 0.0909. The van der Waals surface area contributed by atoms with E-state index in [1.165, 1.54) is 0 Å². The Balaban J connectivity index is 2.59. The van der Waals surface area contributed by atoms with Gasteiger partial charge in [0.1, 0.15) is 5.92 Å². The molecular weight excluding hydrogens is 176 g/mol. The maximum absolute atomic E-state index is 11.2. The van der Waals surface area contributed by atoms with Gasteiger partial charge in [-0.15, -0.1) is 0 Å². The Kier molecular flexibility index (Phi) is 1.93. The Morgan fingerprint density at radius 3 is 2.71 bits per heavy atom. The van der Waals surface area contributed by atoms with Crippen molar-refractivity contribution in [1.82, 2.24) is 0 Å². The van der Waals surface area contributed by atoms with Crippen LogP contribution in [0.15, 0.2) is 30.3 Å². The van der Waals surface area contributed by atoms with Gasteiger partial charge in [-0.2, -0.15) is 0 Å². The van der Waals surface area contributed by atoms with Gasteiger partial charge in [-0.3, -0.25) is 4.79 Å². The van der Waals surface area contributed by atoms with Crippen molar-refractivity contribution in [2.45, 2.75) is 5.92 Å². The minimum atomic E-state index is -0.587. The third-order valence-electron chi connectivity index (χ3n) is 2.34. The third-order valence-corrected chi connectivity index (χ3v) is 2.34. The summed E-state index contributed by atoms with van der Waals surface area (Å²) in [6.07, 6.45) is 3.45. The maximum atomic E-state index is 11.2. The zero-order valence-electron chi connectivity index (χ0n) is 7.53. The van der Waals surface area contributed by atoms with Gasteiger partial charge in [-0.1, -0.05) is 30.3 Å². The van der Waals surface area contributed by atoms with E-state index in [9.17, 15) is 4.79 Å². The number of hydrogen-bond donors (Lipinski definition) is 2. The maximum Gasteiger partial charge on any atom is 0.231 e. The van der Waals surface area contributed by atoms with Crippen molar-refractivity contribution < 1.29 is 4.79 Å². The first-order valence-electron chi connectivity index (χ1n) is 4.35. The van der Waals surface area contributed by atoms with Crippen molar-refractivity contribution in [3.05, 3.63) is 41.5 Å². The van der Waals surface area contributed by atoms with Crippen LogP contribution in [0.5, 0.6) is 0 Å². The van der Waals surface area contributed by atoms with E-state index < -0.39 is 11.8 Å². The average molecular weight is 186 g/mol. The number of allylic oxidation sites excluding steroid dienone is 1. The Hall–Kier alpha value is -1.90. The van der Waals surface area contributed by atoms with E-state index in [2.05, 4.69) is 0 Å². The predicted octanol–water partition coefficient (Wildman–Crippen LogP) is 1.30. The van der Waals surface area contributed by atoms with Crippen LogP contribution in [-0.4, -0.2) is 11.6 Å². The van der Waals surface area contributed by atoms with Crippen LogP contribution in [0.1, 0.15) is 17.0 Å².